The molecule has 0 aromatic carbocycles. The zero-order valence-corrected chi connectivity index (χ0v) is 16.3. The Morgan fingerprint density at radius 1 is 1.11 bits per heavy atom. The van der Waals surface area contributed by atoms with Crippen LogP contribution in [0.3, 0.4) is 0 Å². The highest BCUT2D eigenvalue weighted by Gasteiger charge is 2.42. The van der Waals surface area contributed by atoms with Crippen LogP contribution in [0.15, 0.2) is 67.3 Å². The van der Waals surface area contributed by atoms with Gasteiger partial charge in [0.2, 0.25) is 0 Å². The summed E-state index contributed by atoms with van der Waals surface area (Å²) in [4.78, 5) is 11.1. The molecule has 3 aromatic rings. The SMILES string of the molecule is CC(C)N1C(=S)N[C@@H](c2ccccn2)[C@H]1c1cccn1Cc1cccnc1. The van der Waals surface area contributed by atoms with Crippen LogP contribution in [0, 0.1) is 0 Å². The van der Waals surface area contributed by atoms with E-state index in [1.54, 1.807) is 6.20 Å². The molecule has 0 amide bonds. The molecule has 27 heavy (non-hydrogen) atoms. The van der Waals surface area contributed by atoms with E-state index in [-0.39, 0.29) is 18.1 Å². The Morgan fingerprint density at radius 2 is 2.00 bits per heavy atom. The maximum Gasteiger partial charge on any atom is 0.170 e. The highest BCUT2D eigenvalue weighted by molar-refractivity contribution is 7.80. The normalized spacial score (nSPS) is 19.5. The number of nitrogens with zero attached hydrogens (tertiary/aromatic N) is 4. The van der Waals surface area contributed by atoms with Gasteiger partial charge in [-0.05, 0) is 62.0 Å². The number of nitrogens with one attached hydrogen (secondary N) is 1. The van der Waals surface area contributed by atoms with Crippen LogP contribution >= 0.6 is 12.2 Å². The van der Waals surface area contributed by atoms with Gasteiger partial charge in [-0.2, -0.15) is 0 Å². The van der Waals surface area contributed by atoms with E-state index < -0.39 is 0 Å². The number of hydrogen-bond donors (Lipinski definition) is 1. The van der Waals surface area contributed by atoms with Crippen LogP contribution in [0.25, 0.3) is 0 Å². The predicted octanol–water partition coefficient (Wildman–Crippen LogP) is 3.71. The molecule has 1 saturated heterocycles. The molecule has 1 N–H and O–H groups in total. The zero-order valence-electron chi connectivity index (χ0n) is 15.5. The Labute approximate surface area is 165 Å². The first-order chi connectivity index (χ1) is 13.1. The van der Waals surface area contributed by atoms with Crippen LogP contribution in [0.4, 0.5) is 0 Å². The lowest BCUT2D eigenvalue weighted by Gasteiger charge is -2.31. The summed E-state index contributed by atoms with van der Waals surface area (Å²) < 4.78 is 2.28. The third-order valence-corrected chi connectivity index (χ3v) is 5.26. The van der Waals surface area contributed by atoms with E-state index in [1.165, 1.54) is 11.3 Å². The quantitative estimate of drug-likeness (QED) is 0.687. The molecule has 6 heteroatoms. The van der Waals surface area contributed by atoms with Crippen molar-refractivity contribution in [3.05, 3.63) is 84.2 Å². The Kier molecular flexibility index (Phi) is 4.90. The molecule has 0 bridgehead atoms. The molecule has 2 atom stereocenters. The molecule has 0 radical (unpaired) electrons. The molecule has 138 valence electrons. The molecule has 4 heterocycles. The summed E-state index contributed by atoms with van der Waals surface area (Å²) in [5, 5.41) is 4.28. The Balaban J connectivity index is 1.74. The molecule has 1 aliphatic rings. The highest BCUT2D eigenvalue weighted by atomic mass is 32.1. The first-order valence-electron chi connectivity index (χ1n) is 9.19. The molecule has 1 fully saturated rings. The summed E-state index contributed by atoms with van der Waals surface area (Å²) in [6, 6.07) is 14.8. The van der Waals surface area contributed by atoms with Gasteiger partial charge >= 0.3 is 0 Å². The lowest BCUT2D eigenvalue weighted by molar-refractivity contribution is 0.259. The highest BCUT2D eigenvalue weighted by Crippen LogP contribution is 2.39. The largest absolute Gasteiger partial charge is 0.352 e. The van der Waals surface area contributed by atoms with Gasteiger partial charge in [0.1, 0.15) is 0 Å². The van der Waals surface area contributed by atoms with Gasteiger partial charge in [-0.3, -0.25) is 9.97 Å². The molecule has 5 nitrogen and oxygen atoms in total. The van der Waals surface area contributed by atoms with Crippen molar-refractivity contribution in [1.29, 1.82) is 0 Å². The van der Waals surface area contributed by atoms with Gasteiger partial charge in [0.15, 0.2) is 5.11 Å². The maximum absolute atomic E-state index is 5.69. The summed E-state index contributed by atoms with van der Waals surface area (Å²) in [6.45, 7) is 5.13. The van der Waals surface area contributed by atoms with Gasteiger partial charge in [0, 0.05) is 43.1 Å². The van der Waals surface area contributed by atoms with Crippen LogP contribution in [0.5, 0.6) is 0 Å². The standard InChI is InChI=1S/C21H23N5S/c1-15(2)26-20(19(24-21(26)27)17-8-3-4-11-23-17)18-9-6-12-25(18)14-16-7-5-10-22-13-16/h3-13,15,19-20H,14H2,1-2H3,(H,24,27)/t19-,20+/m0/s1. The summed E-state index contributed by atoms with van der Waals surface area (Å²) in [6.07, 6.45) is 7.68. The van der Waals surface area contributed by atoms with E-state index in [4.69, 9.17) is 12.2 Å². The number of rotatable bonds is 5. The minimum absolute atomic E-state index is 0.0173. The van der Waals surface area contributed by atoms with Crippen molar-refractivity contribution < 1.29 is 0 Å². The van der Waals surface area contributed by atoms with Crippen molar-refractivity contribution in [2.75, 3.05) is 0 Å². The summed E-state index contributed by atoms with van der Waals surface area (Å²) in [5.74, 6) is 0. The number of pyridine rings is 2. The summed E-state index contributed by atoms with van der Waals surface area (Å²) in [5.41, 5.74) is 3.40. The van der Waals surface area contributed by atoms with Gasteiger partial charge in [0.05, 0.1) is 17.8 Å². The van der Waals surface area contributed by atoms with Gasteiger partial charge < -0.3 is 14.8 Å². The molecule has 4 rings (SSSR count). The lowest BCUT2D eigenvalue weighted by atomic mass is 10.0. The minimum atomic E-state index is 0.0173. The summed E-state index contributed by atoms with van der Waals surface area (Å²) in [7, 11) is 0. The number of aromatic nitrogens is 3. The molecule has 0 unspecified atom stereocenters. The zero-order chi connectivity index (χ0) is 18.8. The average molecular weight is 378 g/mol. The smallest absolute Gasteiger partial charge is 0.170 e. The molecule has 3 aromatic heterocycles. The van der Waals surface area contributed by atoms with Gasteiger partial charge in [-0.1, -0.05) is 12.1 Å². The molecular weight excluding hydrogens is 354 g/mol. The maximum atomic E-state index is 5.69. The van der Waals surface area contributed by atoms with Gasteiger partial charge in [-0.25, -0.2) is 0 Å². The van der Waals surface area contributed by atoms with Crippen molar-refractivity contribution in [3.8, 4) is 0 Å². The van der Waals surface area contributed by atoms with Crippen LogP contribution in [0.1, 0.15) is 42.9 Å². The third kappa shape index (κ3) is 3.45. The third-order valence-electron chi connectivity index (χ3n) is 4.94. The fraction of sp³-hybridized carbons (Fsp3) is 0.286. The van der Waals surface area contributed by atoms with Crippen molar-refractivity contribution in [2.45, 2.75) is 38.5 Å². The van der Waals surface area contributed by atoms with Crippen molar-refractivity contribution >= 4 is 17.3 Å². The fourth-order valence-electron chi connectivity index (χ4n) is 3.77. The molecular formula is C21H23N5S. The van der Waals surface area contributed by atoms with Crippen LogP contribution in [-0.2, 0) is 6.54 Å². The lowest BCUT2D eigenvalue weighted by Crippen LogP contribution is -2.36. The van der Waals surface area contributed by atoms with Crippen LogP contribution in [0.2, 0.25) is 0 Å². The topological polar surface area (TPSA) is 46.0 Å². The van der Waals surface area contributed by atoms with Gasteiger partial charge in [-0.15, -0.1) is 0 Å². The van der Waals surface area contributed by atoms with Crippen molar-refractivity contribution in [2.24, 2.45) is 0 Å². The average Bonchev–Trinajstić information content (AvgIpc) is 3.27. The number of hydrogen-bond acceptors (Lipinski definition) is 3. The van der Waals surface area contributed by atoms with Crippen molar-refractivity contribution in [1.82, 2.24) is 24.8 Å². The first kappa shape index (κ1) is 17.7. The van der Waals surface area contributed by atoms with Crippen molar-refractivity contribution in [3.63, 3.8) is 0 Å². The molecule has 0 spiro atoms. The van der Waals surface area contributed by atoms with Crippen LogP contribution < -0.4 is 5.32 Å². The first-order valence-corrected chi connectivity index (χ1v) is 9.59. The van der Waals surface area contributed by atoms with E-state index in [9.17, 15) is 0 Å². The van der Waals surface area contributed by atoms with E-state index in [2.05, 4.69) is 69.1 Å². The minimum Gasteiger partial charge on any atom is -0.352 e. The monoisotopic (exact) mass is 377 g/mol. The van der Waals surface area contributed by atoms with Gasteiger partial charge in [0.25, 0.3) is 0 Å². The Morgan fingerprint density at radius 3 is 2.70 bits per heavy atom. The second-order valence-corrected chi connectivity index (χ2v) is 7.44. The van der Waals surface area contributed by atoms with E-state index in [1.807, 2.05) is 30.6 Å². The van der Waals surface area contributed by atoms with E-state index in [0.29, 0.717) is 0 Å². The second-order valence-electron chi connectivity index (χ2n) is 7.05. The van der Waals surface area contributed by atoms with E-state index in [0.717, 1.165) is 17.4 Å². The second kappa shape index (κ2) is 7.48. The Bertz CT molecular complexity index is 907. The number of thiocarbonyl (C=S) groups is 1. The summed E-state index contributed by atoms with van der Waals surface area (Å²) >= 11 is 5.69. The molecule has 0 aliphatic carbocycles. The van der Waals surface area contributed by atoms with Crippen LogP contribution in [-0.4, -0.2) is 30.6 Å². The van der Waals surface area contributed by atoms with E-state index >= 15 is 0 Å². The molecule has 0 saturated carbocycles. The molecule has 1 aliphatic heterocycles. The Hall–Kier alpha value is -2.73. The predicted molar refractivity (Wildman–Crippen MR) is 110 cm³/mol. The fourth-order valence-corrected chi connectivity index (χ4v) is 4.22.